The zero-order valence-corrected chi connectivity index (χ0v) is 56.2. The maximum atomic E-state index is 13.2. The molecule has 7 amide bonds. The van der Waals surface area contributed by atoms with Crippen LogP contribution in [0.4, 0.5) is 19.2 Å². The predicted molar refractivity (Wildman–Crippen MR) is 339 cm³/mol. The number of pyridine rings is 2. The third-order valence-corrected chi connectivity index (χ3v) is 17.7. The number of hydrogen-bond donors (Lipinski definition) is 1. The van der Waals surface area contributed by atoms with Crippen molar-refractivity contribution >= 4 is 42.1 Å². The fourth-order valence-corrected chi connectivity index (χ4v) is 12.8. The van der Waals surface area contributed by atoms with Crippen LogP contribution in [0.25, 0.3) is 0 Å². The quantitative estimate of drug-likeness (QED) is 0.196. The Balaban J connectivity index is 0.000000213. The summed E-state index contributed by atoms with van der Waals surface area (Å²) in [5, 5.41) is 3.02. The molecule has 20 nitrogen and oxygen atoms in total. The first-order valence-corrected chi connectivity index (χ1v) is 32.6. The third-order valence-electron chi connectivity index (χ3n) is 17.7. The molecule has 492 valence electrons. The van der Waals surface area contributed by atoms with Crippen LogP contribution in [0.15, 0.2) is 49.1 Å². The predicted octanol–water partition coefficient (Wildman–Crippen LogP) is 11.6. The number of nitrogens with zero attached hydrogens (tertiary/aromatic N) is 8. The van der Waals surface area contributed by atoms with Gasteiger partial charge in [0.2, 0.25) is 17.7 Å². The Bertz CT molecular complexity index is 2570. The molecule has 0 atom stereocenters. The summed E-state index contributed by atoms with van der Waals surface area (Å²) in [7, 11) is 5.37. The zero-order chi connectivity index (χ0) is 64.8. The Morgan fingerprint density at radius 1 is 0.489 bits per heavy atom. The van der Waals surface area contributed by atoms with Gasteiger partial charge in [-0.2, -0.15) is 0 Å². The van der Waals surface area contributed by atoms with E-state index in [2.05, 4.69) is 15.3 Å². The van der Waals surface area contributed by atoms with E-state index in [0.717, 1.165) is 135 Å². The van der Waals surface area contributed by atoms with Gasteiger partial charge < -0.3 is 53.7 Å². The van der Waals surface area contributed by atoms with Gasteiger partial charge in [0.25, 0.3) is 0 Å². The number of carbonyl (C=O) groups excluding carboxylic acids is 7. The topological polar surface area (TPSA) is 214 Å². The lowest BCUT2D eigenvalue weighted by Gasteiger charge is -2.53. The van der Waals surface area contributed by atoms with Crippen molar-refractivity contribution in [2.24, 2.45) is 40.9 Å². The first-order valence-electron chi connectivity index (χ1n) is 32.6. The fraction of sp³-hybridized carbons (Fsp3) is 0.750. The monoisotopic (exact) mass is 1230 g/mol. The van der Waals surface area contributed by atoms with Crippen LogP contribution in [-0.2, 0) is 39.9 Å². The molecule has 3 saturated carbocycles. The average Bonchev–Trinajstić information content (AvgIpc) is 2.00. The Morgan fingerprint density at radius 3 is 1.22 bits per heavy atom. The van der Waals surface area contributed by atoms with Crippen molar-refractivity contribution in [1.29, 1.82) is 0 Å². The molecule has 5 heterocycles. The molecule has 88 heavy (non-hydrogen) atoms. The van der Waals surface area contributed by atoms with E-state index < -0.39 is 22.4 Å². The molecule has 1 spiro atoms. The second-order valence-electron chi connectivity index (χ2n) is 30.2. The SMILES string of the molecule is CN(CC1CCC(C(=O)N2CC(c3ccncc3)C2)CC1)C(=O)OC(C)(C)C.CN(CC1CCC(C(=O)N2CCC3(CC2)CN(C(=O)OC(C)(C)C)C3)CC1)C(=O)OC(C)(C)C.CN(CC1CCC(C(=O)NCc2ccncc2)CC1)C(=O)OC(C)(C)C. The summed E-state index contributed by atoms with van der Waals surface area (Å²) in [6.07, 6.45) is 19.1. The minimum absolute atomic E-state index is 0.0694. The van der Waals surface area contributed by atoms with Gasteiger partial charge in [0.05, 0.1) is 0 Å². The Kier molecular flexibility index (Phi) is 25.0. The highest BCUT2D eigenvalue weighted by molar-refractivity contribution is 5.80. The molecule has 2 aromatic heterocycles. The maximum Gasteiger partial charge on any atom is 0.410 e. The molecule has 20 heteroatoms. The number of nitrogens with one attached hydrogen (secondary N) is 1. The van der Waals surface area contributed by atoms with Crippen LogP contribution in [-0.4, -0.2) is 184 Å². The molecule has 0 unspecified atom stereocenters. The van der Waals surface area contributed by atoms with Crippen molar-refractivity contribution in [3.63, 3.8) is 0 Å². The van der Waals surface area contributed by atoms with Gasteiger partial charge in [-0.3, -0.25) is 24.4 Å². The molecule has 0 bridgehead atoms. The lowest BCUT2D eigenvalue weighted by molar-refractivity contribution is -0.142. The summed E-state index contributed by atoms with van der Waals surface area (Å²) in [5.74, 6) is 2.77. The van der Waals surface area contributed by atoms with Crippen molar-refractivity contribution in [3.05, 3.63) is 60.2 Å². The molecule has 3 saturated heterocycles. The molecule has 3 aliphatic carbocycles. The van der Waals surface area contributed by atoms with Gasteiger partial charge >= 0.3 is 24.4 Å². The molecule has 3 aliphatic heterocycles. The van der Waals surface area contributed by atoms with E-state index in [9.17, 15) is 33.6 Å². The lowest BCUT2D eigenvalue weighted by atomic mass is 9.72. The standard InChI is InChI=1S/C26H45N3O5.C22H33N3O3.C20H31N3O3/c1-24(2,3)33-22(31)27(7)16-19-8-10-20(11-9-19)21(30)28-14-12-26(13-15-28)17-29(18-26)23(32)34-25(4,5)6;1-22(2,3)28-21(27)24(4)13-16-5-7-18(8-6-16)20(26)25-14-19(15-25)17-9-11-23-12-10-17;1-20(2,3)26-19(25)23(4)14-16-5-7-17(8-6-16)18(24)22-13-15-9-11-21-12-10-15/h19-20H,8-18H2,1-7H3;9-12,16,18-19H,5-8,13-15H2,1-4H3;9-12,16-17H,5-8,13-14H2,1-4H3,(H,22,24). The number of amides is 7. The van der Waals surface area contributed by atoms with Crippen molar-refractivity contribution < 1.29 is 52.5 Å². The normalized spacial score (nSPS) is 23.0. The number of ether oxygens (including phenoxy) is 4. The number of aromatic nitrogens is 2. The molecule has 8 rings (SSSR count). The molecule has 1 N–H and O–H groups in total. The van der Waals surface area contributed by atoms with Crippen LogP contribution in [0.1, 0.15) is 190 Å². The number of hydrogen-bond acceptors (Lipinski definition) is 13. The van der Waals surface area contributed by atoms with Gasteiger partial charge in [0.15, 0.2) is 0 Å². The highest BCUT2D eigenvalue weighted by Crippen LogP contribution is 2.42. The molecule has 6 fully saturated rings. The van der Waals surface area contributed by atoms with Crippen LogP contribution in [0.2, 0.25) is 0 Å². The van der Waals surface area contributed by atoms with Crippen LogP contribution in [0, 0.1) is 40.9 Å². The van der Waals surface area contributed by atoms with Crippen LogP contribution in [0.3, 0.4) is 0 Å². The van der Waals surface area contributed by atoms with Gasteiger partial charge in [-0.15, -0.1) is 0 Å². The van der Waals surface area contributed by atoms with Gasteiger partial charge in [-0.05, 0) is 226 Å². The van der Waals surface area contributed by atoms with Crippen LogP contribution in [0.5, 0.6) is 0 Å². The second-order valence-corrected chi connectivity index (χ2v) is 30.2. The van der Waals surface area contributed by atoms with Crippen LogP contribution < -0.4 is 5.32 Å². The fourth-order valence-electron chi connectivity index (χ4n) is 12.8. The van der Waals surface area contributed by atoms with E-state index in [0.29, 0.717) is 55.8 Å². The second kappa shape index (κ2) is 31.0. The Labute approximate surface area is 526 Å². The third kappa shape index (κ3) is 23.0. The summed E-state index contributed by atoms with van der Waals surface area (Å²) in [4.78, 5) is 106. The van der Waals surface area contributed by atoms with Crippen LogP contribution >= 0.6 is 0 Å². The first kappa shape index (κ1) is 70.9. The van der Waals surface area contributed by atoms with Gasteiger partial charge in [0, 0.05) is 140 Å². The van der Waals surface area contributed by atoms with E-state index in [-0.39, 0.29) is 59.4 Å². The van der Waals surface area contributed by atoms with E-state index in [4.69, 9.17) is 18.9 Å². The van der Waals surface area contributed by atoms with E-state index in [1.54, 1.807) is 53.1 Å². The molecular formula is C68H109N9O11. The minimum atomic E-state index is -0.490. The number of rotatable bonds is 12. The van der Waals surface area contributed by atoms with Crippen molar-refractivity contribution in [3.8, 4) is 0 Å². The van der Waals surface area contributed by atoms with E-state index in [1.807, 2.05) is 130 Å². The summed E-state index contributed by atoms with van der Waals surface area (Å²) < 4.78 is 21.7. The first-order chi connectivity index (χ1) is 41.1. The number of likely N-dealkylation sites (tertiary alicyclic amines) is 3. The van der Waals surface area contributed by atoms with Gasteiger partial charge in [0.1, 0.15) is 22.4 Å². The summed E-state index contributed by atoms with van der Waals surface area (Å²) >= 11 is 0. The molecule has 2 aromatic rings. The number of piperidine rings is 1. The smallest absolute Gasteiger partial charge is 0.410 e. The lowest BCUT2D eigenvalue weighted by Crippen LogP contribution is -2.63. The highest BCUT2D eigenvalue weighted by Gasteiger charge is 2.49. The average molecular weight is 1230 g/mol. The Hall–Kier alpha value is -6.21. The molecular weight excluding hydrogens is 1120 g/mol. The largest absolute Gasteiger partial charge is 0.444 e. The molecule has 0 radical (unpaired) electrons. The Morgan fingerprint density at radius 2 is 0.841 bits per heavy atom. The molecule has 6 aliphatic rings. The van der Waals surface area contributed by atoms with Crippen molar-refractivity contribution in [1.82, 2.24) is 44.7 Å². The van der Waals surface area contributed by atoms with Gasteiger partial charge in [-0.1, -0.05) is 0 Å². The van der Waals surface area contributed by atoms with Gasteiger partial charge in [-0.25, -0.2) is 19.2 Å². The maximum absolute atomic E-state index is 13.2. The summed E-state index contributed by atoms with van der Waals surface area (Å²) in [6.45, 7) is 29.8. The molecule has 0 aromatic carbocycles. The summed E-state index contributed by atoms with van der Waals surface area (Å²) in [5.41, 5.74) is 0.568. The minimum Gasteiger partial charge on any atom is -0.444 e. The highest BCUT2D eigenvalue weighted by atomic mass is 16.6. The van der Waals surface area contributed by atoms with E-state index >= 15 is 0 Å². The van der Waals surface area contributed by atoms with Crippen molar-refractivity contribution in [2.45, 2.75) is 208 Å². The summed E-state index contributed by atoms with van der Waals surface area (Å²) in [6, 6.07) is 7.89. The zero-order valence-electron chi connectivity index (χ0n) is 56.2. The van der Waals surface area contributed by atoms with Crippen molar-refractivity contribution in [2.75, 3.05) is 80.0 Å². The van der Waals surface area contributed by atoms with E-state index in [1.165, 1.54) is 5.56 Å². The number of carbonyl (C=O) groups is 7.